The Morgan fingerprint density at radius 2 is 0.846 bits per heavy atom. The summed E-state index contributed by atoms with van der Waals surface area (Å²) in [7, 11) is 0. The normalized spacial score (nSPS) is 11.5. The van der Waals surface area contributed by atoms with Gasteiger partial charge in [-0.1, -0.05) is 152 Å². The summed E-state index contributed by atoms with van der Waals surface area (Å²) in [6.07, 6.45) is 0. The molecule has 1 aliphatic rings. The Bertz CT molecular complexity index is 2710. The first-order valence-electron chi connectivity index (χ1n) is 17.7. The Kier molecular flexibility index (Phi) is 7.14. The zero-order valence-electron chi connectivity index (χ0n) is 28.4. The maximum Gasteiger partial charge on any atom is 0.145 e. The van der Waals surface area contributed by atoms with Gasteiger partial charge in [0.25, 0.3) is 0 Å². The van der Waals surface area contributed by atoms with Crippen molar-refractivity contribution in [2.24, 2.45) is 0 Å². The fraction of sp³-hybridized carbons (Fsp3) is 0. The Labute approximate surface area is 303 Å². The summed E-state index contributed by atoms with van der Waals surface area (Å²) in [5, 5.41) is 0. The summed E-state index contributed by atoms with van der Waals surface area (Å²) >= 11 is 0. The minimum atomic E-state index is 0.942. The van der Waals surface area contributed by atoms with Gasteiger partial charge in [-0.2, -0.15) is 0 Å². The van der Waals surface area contributed by atoms with Crippen LogP contribution in [-0.2, 0) is 0 Å². The van der Waals surface area contributed by atoms with Gasteiger partial charge < -0.3 is 4.90 Å². The van der Waals surface area contributed by atoms with Crippen LogP contribution in [0.1, 0.15) is 0 Å². The van der Waals surface area contributed by atoms with E-state index in [1.807, 2.05) is 0 Å². The van der Waals surface area contributed by atoms with E-state index in [4.69, 9.17) is 4.98 Å². The molecule has 2 heterocycles. The summed E-state index contributed by atoms with van der Waals surface area (Å²) in [5.74, 6) is 0.942. The molecule has 0 saturated carbocycles. The molecule has 0 unspecified atom stereocenters. The van der Waals surface area contributed by atoms with Crippen molar-refractivity contribution < 1.29 is 0 Å². The molecule has 10 rings (SSSR count). The van der Waals surface area contributed by atoms with E-state index in [9.17, 15) is 0 Å². The largest absolute Gasteiger partial charge is 0.310 e. The highest BCUT2D eigenvalue weighted by molar-refractivity contribution is 6.03. The Morgan fingerprint density at radius 3 is 1.62 bits per heavy atom. The van der Waals surface area contributed by atoms with Crippen molar-refractivity contribution in [2.75, 3.05) is 4.90 Å². The topological polar surface area (TPSA) is 21.1 Å². The molecule has 244 valence electrons. The molecule has 0 saturated heterocycles. The highest BCUT2D eigenvalue weighted by Crippen LogP contribution is 2.45. The van der Waals surface area contributed by atoms with E-state index in [0.29, 0.717) is 0 Å². The van der Waals surface area contributed by atoms with Gasteiger partial charge in [0.15, 0.2) is 0 Å². The third-order valence-corrected chi connectivity index (χ3v) is 10.2. The van der Waals surface area contributed by atoms with Crippen molar-refractivity contribution in [1.82, 2.24) is 9.55 Å². The summed E-state index contributed by atoms with van der Waals surface area (Å²) < 4.78 is 2.36. The predicted octanol–water partition coefficient (Wildman–Crippen LogP) is 13.1. The number of imidazole rings is 1. The van der Waals surface area contributed by atoms with Gasteiger partial charge in [0, 0.05) is 33.8 Å². The second-order valence-electron chi connectivity index (χ2n) is 13.2. The van der Waals surface area contributed by atoms with Crippen LogP contribution < -0.4 is 4.90 Å². The fourth-order valence-electron chi connectivity index (χ4n) is 7.72. The summed E-state index contributed by atoms with van der Waals surface area (Å²) in [6.45, 7) is 0. The molecule has 0 aliphatic carbocycles. The summed E-state index contributed by atoms with van der Waals surface area (Å²) in [5.41, 5.74) is 17.3. The molecule has 0 radical (unpaired) electrons. The number of nitrogens with zero attached hydrogens (tertiary/aromatic N) is 3. The zero-order valence-corrected chi connectivity index (χ0v) is 28.4. The molecule has 0 N–H and O–H groups in total. The van der Waals surface area contributed by atoms with Gasteiger partial charge in [-0.05, 0) is 81.9 Å². The van der Waals surface area contributed by atoms with E-state index in [1.54, 1.807) is 0 Å². The molecule has 3 heteroatoms. The molecule has 0 amide bonds. The van der Waals surface area contributed by atoms with Crippen molar-refractivity contribution in [1.29, 1.82) is 0 Å². The van der Waals surface area contributed by atoms with Crippen molar-refractivity contribution in [2.45, 2.75) is 0 Å². The fourth-order valence-corrected chi connectivity index (χ4v) is 7.72. The number of fused-ring (bicyclic) bond motifs is 5. The van der Waals surface area contributed by atoms with Crippen LogP contribution in [-0.4, -0.2) is 9.55 Å². The average molecular weight is 664 g/mol. The van der Waals surface area contributed by atoms with E-state index in [1.165, 1.54) is 33.4 Å². The standard InChI is InChI=1S/C49H33N3/c1-3-13-34(14-4-1)35-29-31-40(32-30-35)51(39-16-5-2-6-17-39)41-18-11-15-38(33-41)36-25-27-37(28-26-36)49-50-46-23-12-22-45-43-20-8-7-19-42(43)44-21-9-10-24-47(44)52(49)48(45)46/h1-33H. The first-order valence-corrected chi connectivity index (χ1v) is 17.7. The van der Waals surface area contributed by atoms with Crippen LogP contribution in [0.3, 0.4) is 0 Å². The number of rotatable bonds is 6. The second kappa shape index (κ2) is 12.4. The third-order valence-electron chi connectivity index (χ3n) is 10.2. The van der Waals surface area contributed by atoms with Crippen LogP contribution in [0.25, 0.3) is 72.6 Å². The number of para-hydroxylation sites is 3. The molecule has 9 aromatic rings. The number of anilines is 3. The van der Waals surface area contributed by atoms with Crippen molar-refractivity contribution in [3.05, 3.63) is 200 Å². The Morgan fingerprint density at radius 1 is 0.346 bits per heavy atom. The third kappa shape index (κ3) is 5.02. The highest BCUT2D eigenvalue weighted by Gasteiger charge is 2.25. The van der Waals surface area contributed by atoms with Crippen LogP contribution in [0, 0.1) is 0 Å². The highest BCUT2D eigenvalue weighted by atomic mass is 15.1. The first-order chi connectivity index (χ1) is 25.8. The lowest BCUT2D eigenvalue weighted by Gasteiger charge is -2.26. The van der Waals surface area contributed by atoms with Crippen molar-refractivity contribution in [3.8, 4) is 61.6 Å². The van der Waals surface area contributed by atoms with E-state index in [0.717, 1.165) is 56.3 Å². The lowest BCUT2D eigenvalue weighted by Crippen LogP contribution is -2.09. The lowest BCUT2D eigenvalue weighted by atomic mass is 9.94. The van der Waals surface area contributed by atoms with Crippen LogP contribution in [0.2, 0.25) is 0 Å². The van der Waals surface area contributed by atoms with Crippen molar-refractivity contribution in [3.63, 3.8) is 0 Å². The van der Waals surface area contributed by atoms with Crippen LogP contribution in [0.15, 0.2) is 200 Å². The molecule has 0 atom stereocenters. The summed E-state index contributed by atoms with van der Waals surface area (Å²) in [4.78, 5) is 7.58. The molecule has 1 aliphatic heterocycles. The van der Waals surface area contributed by atoms with Gasteiger partial charge in [0.05, 0.1) is 16.7 Å². The number of benzene rings is 8. The number of aromatic nitrogens is 2. The first kappa shape index (κ1) is 29.9. The van der Waals surface area contributed by atoms with Gasteiger partial charge >= 0.3 is 0 Å². The Hall–Kier alpha value is -6.97. The zero-order chi connectivity index (χ0) is 34.4. The van der Waals surface area contributed by atoms with Gasteiger partial charge in [-0.25, -0.2) is 4.98 Å². The van der Waals surface area contributed by atoms with Gasteiger partial charge in [0.1, 0.15) is 5.82 Å². The van der Waals surface area contributed by atoms with Gasteiger partial charge in [-0.15, -0.1) is 0 Å². The maximum absolute atomic E-state index is 5.26. The van der Waals surface area contributed by atoms with Crippen LogP contribution in [0.4, 0.5) is 17.1 Å². The van der Waals surface area contributed by atoms with Gasteiger partial charge in [-0.3, -0.25) is 4.57 Å². The molecule has 52 heavy (non-hydrogen) atoms. The Balaban J connectivity index is 1.04. The van der Waals surface area contributed by atoms with Gasteiger partial charge in [0.2, 0.25) is 0 Å². The molecule has 0 bridgehead atoms. The predicted molar refractivity (Wildman–Crippen MR) is 216 cm³/mol. The number of hydrogen-bond acceptors (Lipinski definition) is 2. The van der Waals surface area contributed by atoms with E-state index in [-0.39, 0.29) is 0 Å². The van der Waals surface area contributed by atoms with Crippen LogP contribution >= 0.6 is 0 Å². The molecule has 0 fully saturated rings. The quantitative estimate of drug-likeness (QED) is 0.177. The SMILES string of the molecule is c1ccc(-c2ccc(N(c3ccccc3)c3cccc(-c4ccc(-c5nc6cccc7c6n5-c5ccccc5-c5ccccc5-7)cc4)c3)cc2)cc1. The average Bonchev–Trinajstić information content (AvgIpc) is 3.56. The molecule has 0 spiro atoms. The molecule has 8 aromatic carbocycles. The minimum Gasteiger partial charge on any atom is -0.310 e. The number of hydrogen-bond donors (Lipinski definition) is 0. The van der Waals surface area contributed by atoms with Crippen LogP contribution in [0.5, 0.6) is 0 Å². The van der Waals surface area contributed by atoms with E-state index in [2.05, 4.69) is 210 Å². The lowest BCUT2D eigenvalue weighted by molar-refractivity contribution is 1.11. The maximum atomic E-state index is 5.26. The molecule has 1 aromatic heterocycles. The molecule has 3 nitrogen and oxygen atoms in total. The monoisotopic (exact) mass is 663 g/mol. The minimum absolute atomic E-state index is 0.942. The summed E-state index contributed by atoms with van der Waals surface area (Å²) in [6, 6.07) is 71.5. The second-order valence-corrected chi connectivity index (χ2v) is 13.2. The molecular weight excluding hydrogens is 631 g/mol. The van der Waals surface area contributed by atoms with E-state index >= 15 is 0 Å². The molecular formula is C49H33N3. The van der Waals surface area contributed by atoms with Crippen molar-refractivity contribution >= 4 is 28.1 Å². The smallest absolute Gasteiger partial charge is 0.145 e. The van der Waals surface area contributed by atoms with E-state index < -0.39 is 0 Å².